The summed E-state index contributed by atoms with van der Waals surface area (Å²) >= 11 is 0. The maximum atomic E-state index is 13.1. The maximum absolute atomic E-state index is 13.1. The standard InChI is InChI=1S/C19H31N3O3S/c1-14-12-15(2)18(16(3)13-14)26(24,25)22-9-6-17(7-10-22)19(23)20-8-11-21(4)5/h12-13,17H,6-11H2,1-5H3,(H,20,23). The molecule has 1 aromatic carbocycles. The molecule has 0 radical (unpaired) electrons. The van der Waals surface area contributed by atoms with Gasteiger partial charge in [0.25, 0.3) is 0 Å². The first-order valence-electron chi connectivity index (χ1n) is 9.13. The van der Waals surface area contributed by atoms with E-state index in [1.165, 1.54) is 4.31 Å². The van der Waals surface area contributed by atoms with Gasteiger partial charge in [-0.3, -0.25) is 4.79 Å². The van der Waals surface area contributed by atoms with E-state index in [4.69, 9.17) is 0 Å². The molecular formula is C19H31N3O3S. The van der Waals surface area contributed by atoms with Crippen LogP contribution in [0.15, 0.2) is 17.0 Å². The highest BCUT2D eigenvalue weighted by Crippen LogP contribution is 2.28. The smallest absolute Gasteiger partial charge is 0.243 e. The normalized spacial score (nSPS) is 16.8. The fourth-order valence-corrected chi connectivity index (χ4v) is 5.49. The molecule has 1 heterocycles. The molecule has 0 aliphatic carbocycles. The molecule has 1 saturated heterocycles. The second-order valence-corrected chi connectivity index (χ2v) is 9.38. The zero-order chi connectivity index (χ0) is 19.5. The lowest BCUT2D eigenvalue weighted by Crippen LogP contribution is -2.44. The van der Waals surface area contributed by atoms with Crippen molar-refractivity contribution in [3.63, 3.8) is 0 Å². The number of rotatable bonds is 6. The highest BCUT2D eigenvalue weighted by molar-refractivity contribution is 7.89. The molecule has 0 saturated carbocycles. The lowest BCUT2D eigenvalue weighted by Gasteiger charge is -2.31. The Kier molecular flexibility index (Phi) is 6.82. The van der Waals surface area contributed by atoms with Crippen LogP contribution in [0.3, 0.4) is 0 Å². The molecule has 1 aliphatic rings. The summed E-state index contributed by atoms with van der Waals surface area (Å²) in [6, 6.07) is 3.82. The number of nitrogens with zero attached hydrogens (tertiary/aromatic N) is 2. The van der Waals surface area contributed by atoms with Gasteiger partial charge in [0, 0.05) is 32.1 Å². The average molecular weight is 382 g/mol. The Bertz CT molecular complexity index is 728. The van der Waals surface area contributed by atoms with E-state index in [2.05, 4.69) is 5.32 Å². The molecule has 0 aromatic heterocycles. The average Bonchev–Trinajstić information content (AvgIpc) is 2.53. The Labute approximate surface area is 157 Å². The van der Waals surface area contributed by atoms with Gasteiger partial charge in [0.05, 0.1) is 4.90 Å². The van der Waals surface area contributed by atoms with E-state index in [9.17, 15) is 13.2 Å². The van der Waals surface area contributed by atoms with Crippen LogP contribution in [0.2, 0.25) is 0 Å². The predicted molar refractivity (Wildman–Crippen MR) is 104 cm³/mol. The number of sulfonamides is 1. The fourth-order valence-electron chi connectivity index (χ4n) is 3.61. The molecule has 1 N–H and O–H groups in total. The molecule has 2 rings (SSSR count). The number of hydrogen-bond donors (Lipinski definition) is 1. The lowest BCUT2D eigenvalue weighted by molar-refractivity contribution is -0.126. The second-order valence-electron chi connectivity index (χ2n) is 7.50. The van der Waals surface area contributed by atoms with Crippen LogP contribution < -0.4 is 5.32 Å². The van der Waals surface area contributed by atoms with Gasteiger partial charge in [0.1, 0.15) is 0 Å². The van der Waals surface area contributed by atoms with Crippen LogP contribution in [0.1, 0.15) is 29.5 Å². The highest BCUT2D eigenvalue weighted by Gasteiger charge is 2.33. The van der Waals surface area contributed by atoms with Crippen molar-refractivity contribution in [2.24, 2.45) is 5.92 Å². The van der Waals surface area contributed by atoms with Gasteiger partial charge in [-0.2, -0.15) is 4.31 Å². The first-order valence-corrected chi connectivity index (χ1v) is 10.6. The van der Waals surface area contributed by atoms with E-state index in [0.29, 0.717) is 37.4 Å². The topological polar surface area (TPSA) is 69.7 Å². The quantitative estimate of drug-likeness (QED) is 0.814. The summed E-state index contributed by atoms with van der Waals surface area (Å²) in [6.07, 6.45) is 1.13. The fraction of sp³-hybridized carbons (Fsp3) is 0.632. The number of hydrogen-bond acceptors (Lipinski definition) is 4. The number of aryl methyl sites for hydroxylation is 3. The van der Waals surface area contributed by atoms with Gasteiger partial charge >= 0.3 is 0 Å². The Morgan fingerprint density at radius 2 is 1.69 bits per heavy atom. The van der Waals surface area contributed by atoms with Crippen LogP contribution >= 0.6 is 0 Å². The second kappa shape index (κ2) is 8.50. The van der Waals surface area contributed by atoms with Gasteiger partial charge in [-0.05, 0) is 58.8 Å². The van der Waals surface area contributed by atoms with E-state index in [1.54, 1.807) is 0 Å². The van der Waals surface area contributed by atoms with Crippen molar-refractivity contribution >= 4 is 15.9 Å². The van der Waals surface area contributed by atoms with Gasteiger partial charge in [-0.25, -0.2) is 8.42 Å². The molecule has 1 aromatic rings. The SMILES string of the molecule is Cc1cc(C)c(S(=O)(=O)N2CCC(C(=O)NCCN(C)C)CC2)c(C)c1. The number of benzene rings is 1. The van der Waals surface area contributed by atoms with E-state index < -0.39 is 10.0 Å². The zero-order valence-electron chi connectivity index (χ0n) is 16.5. The van der Waals surface area contributed by atoms with Crippen LogP contribution in [-0.2, 0) is 14.8 Å². The summed E-state index contributed by atoms with van der Waals surface area (Å²) in [4.78, 5) is 14.7. The van der Waals surface area contributed by atoms with E-state index >= 15 is 0 Å². The van der Waals surface area contributed by atoms with Gasteiger partial charge in [0.2, 0.25) is 15.9 Å². The molecule has 0 bridgehead atoms. The van der Waals surface area contributed by atoms with Gasteiger partial charge in [-0.15, -0.1) is 0 Å². The minimum Gasteiger partial charge on any atom is -0.355 e. The Morgan fingerprint density at radius 3 is 2.19 bits per heavy atom. The summed E-state index contributed by atoms with van der Waals surface area (Å²) in [7, 11) is 0.403. The van der Waals surface area contributed by atoms with Gasteiger partial charge in [-0.1, -0.05) is 17.7 Å². The van der Waals surface area contributed by atoms with Crippen LogP contribution in [0, 0.1) is 26.7 Å². The minimum absolute atomic E-state index is 0.0339. The van der Waals surface area contributed by atoms with Crippen molar-refractivity contribution in [2.75, 3.05) is 40.3 Å². The summed E-state index contributed by atoms with van der Waals surface area (Å²) in [5.74, 6) is -0.0737. The molecular weight excluding hydrogens is 350 g/mol. The molecule has 1 fully saturated rings. The molecule has 7 heteroatoms. The first kappa shape index (κ1) is 20.9. The Balaban J connectivity index is 2.02. The van der Waals surface area contributed by atoms with Crippen molar-refractivity contribution in [3.8, 4) is 0 Å². The third-order valence-corrected chi connectivity index (χ3v) is 7.09. The van der Waals surface area contributed by atoms with Crippen molar-refractivity contribution in [2.45, 2.75) is 38.5 Å². The number of carbonyl (C=O) groups excluding carboxylic acids is 1. The van der Waals surface area contributed by atoms with Gasteiger partial charge in [0.15, 0.2) is 0 Å². The third-order valence-electron chi connectivity index (χ3n) is 4.89. The van der Waals surface area contributed by atoms with E-state index in [1.807, 2.05) is 51.9 Å². The number of nitrogens with one attached hydrogen (secondary N) is 1. The van der Waals surface area contributed by atoms with Crippen LogP contribution in [0.5, 0.6) is 0 Å². The number of piperidine rings is 1. The molecule has 1 amide bonds. The largest absolute Gasteiger partial charge is 0.355 e. The molecule has 0 unspecified atom stereocenters. The molecule has 146 valence electrons. The summed E-state index contributed by atoms with van der Waals surface area (Å²) in [5, 5.41) is 2.94. The van der Waals surface area contributed by atoms with Crippen LogP contribution in [0.25, 0.3) is 0 Å². The van der Waals surface area contributed by atoms with Crippen molar-refractivity contribution in [1.82, 2.24) is 14.5 Å². The highest BCUT2D eigenvalue weighted by atomic mass is 32.2. The molecule has 0 spiro atoms. The molecule has 26 heavy (non-hydrogen) atoms. The van der Waals surface area contributed by atoms with Crippen molar-refractivity contribution in [3.05, 3.63) is 28.8 Å². The zero-order valence-corrected chi connectivity index (χ0v) is 17.3. The third kappa shape index (κ3) is 4.84. The summed E-state index contributed by atoms with van der Waals surface area (Å²) in [6.45, 7) is 7.85. The molecule has 0 atom stereocenters. The monoisotopic (exact) mass is 381 g/mol. The van der Waals surface area contributed by atoms with E-state index in [-0.39, 0.29) is 11.8 Å². The van der Waals surface area contributed by atoms with Crippen molar-refractivity contribution < 1.29 is 13.2 Å². The van der Waals surface area contributed by atoms with Crippen LogP contribution in [0.4, 0.5) is 0 Å². The first-order chi connectivity index (χ1) is 12.1. The summed E-state index contributed by atoms with van der Waals surface area (Å²) in [5.41, 5.74) is 2.63. The number of amides is 1. The maximum Gasteiger partial charge on any atom is 0.243 e. The predicted octanol–water partition coefficient (Wildman–Crippen LogP) is 1.69. The number of carbonyl (C=O) groups is 1. The van der Waals surface area contributed by atoms with Crippen molar-refractivity contribution in [1.29, 1.82) is 0 Å². The Hall–Kier alpha value is -1.44. The van der Waals surface area contributed by atoms with E-state index in [0.717, 1.165) is 23.2 Å². The number of likely N-dealkylation sites (N-methyl/N-ethyl adjacent to an activating group) is 1. The minimum atomic E-state index is -3.52. The van der Waals surface area contributed by atoms with Gasteiger partial charge < -0.3 is 10.2 Å². The Morgan fingerprint density at radius 1 is 1.15 bits per heavy atom. The lowest BCUT2D eigenvalue weighted by atomic mass is 9.97. The molecule has 6 nitrogen and oxygen atoms in total. The molecule has 1 aliphatic heterocycles. The summed E-state index contributed by atoms with van der Waals surface area (Å²) < 4.78 is 27.7. The van der Waals surface area contributed by atoms with Crippen LogP contribution in [-0.4, -0.2) is 63.8 Å².